The molecule has 0 aromatic heterocycles. The van der Waals surface area contributed by atoms with Gasteiger partial charge in [-0.2, -0.15) is 0 Å². The summed E-state index contributed by atoms with van der Waals surface area (Å²) in [4.78, 5) is 9.00. The molecule has 0 aliphatic heterocycles. The average molecular weight is 293 g/mol. The van der Waals surface area contributed by atoms with Crippen LogP contribution in [0.5, 0.6) is 0 Å². The first-order valence-electron chi connectivity index (χ1n) is 6.95. The number of hydrogen-bond donors (Lipinski definition) is 2. The maximum Gasteiger partial charge on any atom is 0.300 e. The van der Waals surface area contributed by atoms with Gasteiger partial charge >= 0.3 is 0 Å². The summed E-state index contributed by atoms with van der Waals surface area (Å²) in [6.07, 6.45) is 3.37. The first-order valence-corrected chi connectivity index (χ1v) is 6.95. The average Bonchev–Trinajstić information content (AvgIpc) is 2.47. The van der Waals surface area contributed by atoms with E-state index in [2.05, 4.69) is 36.3 Å². The minimum Gasteiger partial charge on any atom is -0.481 e. The third kappa shape index (κ3) is 4.86. The number of nitrogens with zero attached hydrogens (tertiary/aromatic N) is 1. The minimum absolute atomic E-state index is 0.206. The van der Waals surface area contributed by atoms with Crippen molar-refractivity contribution >= 4 is 11.7 Å². The summed E-state index contributed by atoms with van der Waals surface area (Å²) in [7, 11) is 1.76. The number of carboxylic acid groups (broad SMARTS) is 1. The quantitative estimate of drug-likeness (QED) is 0.647. The molecular weight excluding hydrogens is 270 g/mol. The predicted molar refractivity (Wildman–Crippen MR) is 80.9 cm³/mol. The molecule has 0 spiro atoms. The second-order valence-corrected chi connectivity index (χ2v) is 5.25. The Bertz CT molecular complexity index is 480. The zero-order chi connectivity index (χ0) is 15.9. The molecule has 116 valence electrons. The molecule has 1 aromatic carbocycles. The van der Waals surface area contributed by atoms with Gasteiger partial charge in [0.25, 0.3) is 5.97 Å². The molecule has 0 atom stereocenters. The first-order chi connectivity index (χ1) is 9.93. The van der Waals surface area contributed by atoms with Crippen molar-refractivity contribution in [3.8, 4) is 0 Å². The summed E-state index contributed by atoms with van der Waals surface area (Å²) in [5, 5.41) is 19.5. The number of carboxylic acids is 1. The maximum atomic E-state index is 9.00. The molecule has 1 aliphatic rings. The van der Waals surface area contributed by atoms with Crippen molar-refractivity contribution in [3.05, 3.63) is 35.4 Å². The lowest BCUT2D eigenvalue weighted by Crippen LogP contribution is -2.33. The highest BCUT2D eigenvalue weighted by Gasteiger charge is 2.35. The Kier molecular flexibility index (Phi) is 6.37. The van der Waals surface area contributed by atoms with Crippen molar-refractivity contribution in [1.82, 2.24) is 0 Å². The second kappa shape index (κ2) is 7.78. The van der Waals surface area contributed by atoms with E-state index in [0.29, 0.717) is 0 Å². The number of ether oxygens (including phenoxy) is 1. The number of aryl methyl sites for hydroxylation is 1. The molecule has 1 aliphatic carbocycles. The van der Waals surface area contributed by atoms with Gasteiger partial charge < -0.3 is 15.1 Å². The Morgan fingerprint density at radius 3 is 2.10 bits per heavy atom. The largest absolute Gasteiger partial charge is 0.481 e. The molecule has 0 saturated heterocycles. The van der Waals surface area contributed by atoms with Crippen molar-refractivity contribution in [2.24, 2.45) is 5.16 Å². The Labute approximate surface area is 125 Å². The molecular formula is C16H23NO4. The lowest BCUT2D eigenvalue weighted by molar-refractivity contribution is -0.134. The van der Waals surface area contributed by atoms with Gasteiger partial charge in [-0.25, -0.2) is 0 Å². The van der Waals surface area contributed by atoms with Crippen LogP contribution in [0.15, 0.2) is 29.4 Å². The maximum absolute atomic E-state index is 9.00. The van der Waals surface area contributed by atoms with Crippen LogP contribution in [-0.2, 0) is 15.1 Å². The molecule has 5 nitrogen and oxygen atoms in total. The molecule has 2 N–H and O–H groups in total. The smallest absolute Gasteiger partial charge is 0.300 e. The van der Waals surface area contributed by atoms with Crippen LogP contribution in [0, 0.1) is 6.92 Å². The van der Waals surface area contributed by atoms with E-state index in [1.54, 1.807) is 7.11 Å². The van der Waals surface area contributed by atoms with Crippen LogP contribution in [0.1, 0.15) is 43.7 Å². The fourth-order valence-electron chi connectivity index (χ4n) is 2.51. The van der Waals surface area contributed by atoms with E-state index in [1.165, 1.54) is 11.1 Å². The summed E-state index contributed by atoms with van der Waals surface area (Å²) < 4.78 is 5.76. The molecule has 1 saturated carbocycles. The molecule has 1 fully saturated rings. The normalized spacial score (nSPS) is 21.2. The van der Waals surface area contributed by atoms with Gasteiger partial charge in [-0.15, -0.1) is 0 Å². The third-order valence-corrected chi connectivity index (χ3v) is 3.74. The molecule has 0 heterocycles. The monoisotopic (exact) mass is 293 g/mol. The van der Waals surface area contributed by atoms with E-state index in [9.17, 15) is 0 Å². The van der Waals surface area contributed by atoms with Crippen LogP contribution in [0.2, 0.25) is 0 Å². The Morgan fingerprint density at radius 1 is 1.24 bits per heavy atom. The summed E-state index contributed by atoms with van der Waals surface area (Å²) >= 11 is 0. The summed E-state index contributed by atoms with van der Waals surface area (Å²) in [5.74, 6) is -0.833. The predicted octanol–water partition coefficient (Wildman–Crippen LogP) is 3.33. The number of oxime groups is 1. The summed E-state index contributed by atoms with van der Waals surface area (Å²) in [6, 6.07) is 8.51. The standard InChI is InChI=1S/C14H19NO2.C2H4O2/c1-11-3-5-12(6-4-11)14(17-2)9-7-13(15-16)8-10-14;1-2(3)4/h3-6,16H,7-10H2,1-2H3;1H3,(H,3,4). The lowest BCUT2D eigenvalue weighted by Gasteiger charge is -2.36. The zero-order valence-electron chi connectivity index (χ0n) is 12.8. The zero-order valence-corrected chi connectivity index (χ0v) is 12.8. The van der Waals surface area contributed by atoms with E-state index in [1.807, 2.05) is 0 Å². The van der Waals surface area contributed by atoms with Crippen LogP contribution < -0.4 is 0 Å². The SMILES string of the molecule is CC(=O)O.COC1(c2ccc(C)cc2)CCC(=NO)CC1. The number of benzene rings is 1. The number of rotatable bonds is 2. The van der Waals surface area contributed by atoms with Crippen molar-refractivity contribution in [2.75, 3.05) is 7.11 Å². The van der Waals surface area contributed by atoms with Crippen molar-refractivity contribution in [3.63, 3.8) is 0 Å². The van der Waals surface area contributed by atoms with Gasteiger partial charge in [0.15, 0.2) is 0 Å². The Morgan fingerprint density at radius 2 is 1.71 bits per heavy atom. The van der Waals surface area contributed by atoms with Crippen LogP contribution in [-0.4, -0.2) is 29.1 Å². The highest BCUT2D eigenvalue weighted by Crippen LogP contribution is 2.39. The summed E-state index contributed by atoms with van der Waals surface area (Å²) in [6.45, 7) is 3.17. The Hall–Kier alpha value is -1.88. The van der Waals surface area contributed by atoms with Gasteiger partial charge in [0, 0.05) is 14.0 Å². The van der Waals surface area contributed by atoms with Crippen LogP contribution in [0.25, 0.3) is 0 Å². The van der Waals surface area contributed by atoms with Crippen molar-refractivity contribution in [1.29, 1.82) is 0 Å². The van der Waals surface area contributed by atoms with E-state index in [-0.39, 0.29) is 5.60 Å². The van der Waals surface area contributed by atoms with Crippen molar-refractivity contribution in [2.45, 2.75) is 45.1 Å². The van der Waals surface area contributed by atoms with E-state index >= 15 is 0 Å². The lowest BCUT2D eigenvalue weighted by atomic mass is 9.78. The molecule has 0 bridgehead atoms. The van der Waals surface area contributed by atoms with E-state index in [0.717, 1.165) is 38.3 Å². The van der Waals surface area contributed by atoms with Crippen molar-refractivity contribution < 1.29 is 19.8 Å². The summed E-state index contributed by atoms with van der Waals surface area (Å²) in [5.41, 5.74) is 3.16. The van der Waals surface area contributed by atoms with Crippen LogP contribution >= 0.6 is 0 Å². The van der Waals surface area contributed by atoms with E-state index in [4.69, 9.17) is 19.8 Å². The topological polar surface area (TPSA) is 79.1 Å². The molecule has 0 amide bonds. The van der Waals surface area contributed by atoms with Gasteiger partial charge in [-0.05, 0) is 38.2 Å². The number of hydrogen-bond acceptors (Lipinski definition) is 4. The second-order valence-electron chi connectivity index (χ2n) is 5.25. The van der Waals surface area contributed by atoms with Gasteiger partial charge in [-0.1, -0.05) is 35.0 Å². The Balaban J connectivity index is 0.000000491. The van der Waals surface area contributed by atoms with E-state index < -0.39 is 5.97 Å². The number of aliphatic carboxylic acids is 1. The van der Waals surface area contributed by atoms with Gasteiger partial charge in [-0.3, -0.25) is 4.79 Å². The highest BCUT2D eigenvalue weighted by atomic mass is 16.5. The third-order valence-electron chi connectivity index (χ3n) is 3.74. The van der Waals surface area contributed by atoms with Crippen LogP contribution in [0.3, 0.4) is 0 Å². The molecule has 5 heteroatoms. The van der Waals surface area contributed by atoms with Gasteiger partial charge in [0.05, 0.1) is 11.3 Å². The molecule has 1 aromatic rings. The number of methoxy groups -OCH3 is 1. The molecule has 0 unspecified atom stereocenters. The van der Waals surface area contributed by atoms with Gasteiger partial charge in [0.1, 0.15) is 0 Å². The van der Waals surface area contributed by atoms with Crippen LogP contribution in [0.4, 0.5) is 0 Å². The minimum atomic E-state index is -0.833. The number of carbonyl (C=O) groups is 1. The first kappa shape index (κ1) is 17.2. The molecule has 21 heavy (non-hydrogen) atoms. The highest BCUT2D eigenvalue weighted by molar-refractivity contribution is 5.84. The molecule has 2 rings (SSSR count). The fraction of sp³-hybridized carbons (Fsp3) is 0.500. The van der Waals surface area contributed by atoms with Gasteiger partial charge in [0.2, 0.25) is 0 Å². The fourth-order valence-corrected chi connectivity index (χ4v) is 2.51. The molecule has 0 radical (unpaired) electrons.